The molecule has 0 heterocycles. The summed E-state index contributed by atoms with van der Waals surface area (Å²) in [7, 11) is 0. The Morgan fingerprint density at radius 2 is 0.731 bits per heavy atom. The van der Waals surface area contributed by atoms with Crippen molar-refractivity contribution in [2.24, 2.45) is 0 Å². The van der Waals surface area contributed by atoms with Crippen molar-refractivity contribution >= 4 is 18.1 Å². The van der Waals surface area contributed by atoms with Gasteiger partial charge in [0.1, 0.15) is 0 Å². The quantitative estimate of drug-likeness (QED) is 0.114. The molecule has 0 aromatic heterocycles. The topological polar surface area (TPSA) is 107 Å². The summed E-state index contributed by atoms with van der Waals surface area (Å²) in [6.45, 7) is 7.61. The van der Waals surface area contributed by atoms with Crippen molar-refractivity contribution in [3.8, 4) is 0 Å². The first-order valence-corrected chi connectivity index (χ1v) is 20.0. The molecule has 2 aliphatic rings. The zero-order valence-electron chi connectivity index (χ0n) is 32.2. The summed E-state index contributed by atoms with van der Waals surface area (Å²) < 4.78 is 12.3. The minimum Gasteiger partial charge on any atom is -0.398 e. The fourth-order valence-corrected chi connectivity index (χ4v) is 7.43. The molecular formula is C43H62O9. The molecule has 2 aromatic rings. The van der Waals surface area contributed by atoms with Gasteiger partial charge in [0.15, 0.2) is 0 Å². The third kappa shape index (κ3) is 13.5. The number of carbonyl (C=O) groups excluding carboxylic acids is 3. The lowest BCUT2D eigenvalue weighted by molar-refractivity contribution is -0.409. The van der Waals surface area contributed by atoms with Gasteiger partial charge in [0.25, 0.3) is 11.6 Å². The number of benzene rings is 2. The molecule has 0 aliphatic heterocycles. The maximum absolute atomic E-state index is 14.1. The summed E-state index contributed by atoms with van der Waals surface area (Å²) in [5, 5.41) is 0. The van der Waals surface area contributed by atoms with E-state index in [1.807, 2.05) is 52.0 Å². The lowest BCUT2D eigenvalue weighted by atomic mass is 9.97. The second-order valence-electron chi connectivity index (χ2n) is 15.2. The standard InChI is InChI=1S/C43H62O9/c1-33-23-25-37(35(3)31-33)39(44)49-51-42(27-19-15-11-7-5-8-12-16-20-28-42)47-41(46)48-43(29-21-17-13-9-6-10-14-18-22-30-43)52-50-40(45)38-26-24-34(2)32-36(38)4/h23-26,31-32H,5-22,27-30H2,1-4H3. The van der Waals surface area contributed by atoms with Crippen LogP contribution in [0.15, 0.2) is 36.4 Å². The molecule has 0 atom stereocenters. The summed E-state index contributed by atoms with van der Waals surface area (Å²) in [6.07, 6.45) is 18.2. The van der Waals surface area contributed by atoms with Crippen molar-refractivity contribution < 1.29 is 43.4 Å². The predicted molar refractivity (Wildman–Crippen MR) is 199 cm³/mol. The van der Waals surface area contributed by atoms with E-state index in [2.05, 4.69) is 0 Å². The molecule has 2 aliphatic carbocycles. The van der Waals surface area contributed by atoms with E-state index in [0.29, 0.717) is 62.5 Å². The van der Waals surface area contributed by atoms with E-state index in [1.54, 1.807) is 12.1 Å². The van der Waals surface area contributed by atoms with Crippen LogP contribution in [-0.4, -0.2) is 29.7 Å². The maximum atomic E-state index is 14.1. The van der Waals surface area contributed by atoms with E-state index < -0.39 is 29.7 Å². The molecule has 288 valence electrons. The highest BCUT2D eigenvalue weighted by Crippen LogP contribution is 2.35. The number of hydrogen-bond acceptors (Lipinski definition) is 9. The van der Waals surface area contributed by atoms with E-state index in [9.17, 15) is 14.4 Å². The highest BCUT2D eigenvalue weighted by atomic mass is 17.3. The van der Waals surface area contributed by atoms with Crippen LogP contribution in [0.5, 0.6) is 0 Å². The zero-order chi connectivity index (χ0) is 37.2. The smallest absolute Gasteiger partial charge is 0.398 e. The minimum atomic E-state index is -1.56. The van der Waals surface area contributed by atoms with Gasteiger partial charge in [0.05, 0.1) is 11.1 Å². The number of hydrogen-bond donors (Lipinski definition) is 0. The van der Waals surface area contributed by atoms with E-state index in [4.69, 9.17) is 29.0 Å². The molecule has 2 saturated carbocycles. The Hall–Kier alpha value is -3.43. The summed E-state index contributed by atoms with van der Waals surface area (Å²) >= 11 is 0. The van der Waals surface area contributed by atoms with Crippen LogP contribution in [0.2, 0.25) is 0 Å². The SMILES string of the molecule is Cc1ccc(C(=O)OOC2(OC(=O)OC3(OOC(=O)c4ccc(C)cc4C)CCCCCCCCCCC3)CCCCCCCCCCC2)c(C)c1. The van der Waals surface area contributed by atoms with Crippen LogP contribution in [0.3, 0.4) is 0 Å². The Balaban J connectivity index is 1.58. The highest BCUT2D eigenvalue weighted by molar-refractivity contribution is 5.91. The van der Waals surface area contributed by atoms with Gasteiger partial charge in [0.2, 0.25) is 0 Å². The van der Waals surface area contributed by atoms with Gasteiger partial charge in [-0.05, 0) is 76.6 Å². The van der Waals surface area contributed by atoms with Gasteiger partial charge in [0, 0.05) is 25.7 Å². The van der Waals surface area contributed by atoms with Crippen LogP contribution in [0, 0.1) is 27.7 Å². The van der Waals surface area contributed by atoms with Crippen molar-refractivity contribution in [2.75, 3.05) is 0 Å². The normalized spacial score (nSPS) is 19.3. The molecule has 2 aromatic carbocycles. The molecule has 2 fully saturated rings. The van der Waals surface area contributed by atoms with Crippen LogP contribution in [0.25, 0.3) is 0 Å². The van der Waals surface area contributed by atoms with Crippen molar-refractivity contribution in [1.29, 1.82) is 0 Å². The molecule has 0 radical (unpaired) electrons. The lowest BCUT2D eigenvalue weighted by Gasteiger charge is -2.35. The molecule has 9 heteroatoms. The summed E-state index contributed by atoms with van der Waals surface area (Å²) in [6, 6.07) is 10.9. The largest absolute Gasteiger partial charge is 0.513 e. The number of carbonyl (C=O) groups is 3. The summed E-state index contributed by atoms with van der Waals surface area (Å²) in [5.74, 6) is -4.44. The molecule has 0 saturated heterocycles. The Bertz CT molecular complexity index is 1300. The first kappa shape index (κ1) is 41.3. The second-order valence-corrected chi connectivity index (χ2v) is 15.2. The molecular weight excluding hydrogens is 660 g/mol. The Kier molecular flexibility index (Phi) is 16.9. The van der Waals surface area contributed by atoms with Gasteiger partial charge in [-0.2, -0.15) is 0 Å². The number of aryl methyl sites for hydroxylation is 4. The average molecular weight is 723 g/mol. The van der Waals surface area contributed by atoms with Crippen LogP contribution in [-0.2, 0) is 29.0 Å². The van der Waals surface area contributed by atoms with Crippen molar-refractivity contribution in [2.45, 2.75) is 181 Å². The molecule has 0 N–H and O–H groups in total. The summed E-state index contributed by atoms with van der Waals surface area (Å²) in [5.41, 5.74) is 4.33. The highest BCUT2D eigenvalue weighted by Gasteiger charge is 2.44. The number of ether oxygens (including phenoxy) is 2. The fraction of sp³-hybridized carbons (Fsp3) is 0.651. The molecule has 0 spiro atoms. The molecule has 52 heavy (non-hydrogen) atoms. The third-order valence-electron chi connectivity index (χ3n) is 10.5. The van der Waals surface area contributed by atoms with Gasteiger partial charge in [-0.25, -0.2) is 14.4 Å². The van der Waals surface area contributed by atoms with E-state index in [0.717, 1.165) is 99.3 Å². The molecule has 9 nitrogen and oxygen atoms in total. The van der Waals surface area contributed by atoms with E-state index in [-0.39, 0.29) is 0 Å². The Morgan fingerprint density at radius 1 is 0.442 bits per heavy atom. The first-order chi connectivity index (χ1) is 25.1. The molecule has 0 bridgehead atoms. The predicted octanol–water partition coefficient (Wildman–Crippen LogP) is 12.0. The lowest BCUT2D eigenvalue weighted by Crippen LogP contribution is -2.44. The Labute approximate surface area is 311 Å². The maximum Gasteiger partial charge on any atom is 0.513 e. The molecule has 4 rings (SSSR count). The fourth-order valence-electron chi connectivity index (χ4n) is 7.43. The summed E-state index contributed by atoms with van der Waals surface area (Å²) in [4.78, 5) is 63.6. The first-order valence-electron chi connectivity index (χ1n) is 20.0. The third-order valence-corrected chi connectivity index (χ3v) is 10.5. The van der Waals surface area contributed by atoms with Crippen molar-refractivity contribution in [3.05, 3.63) is 69.8 Å². The molecule has 0 amide bonds. The van der Waals surface area contributed by atoms with Gasteiger partial charge in [-0.3, -0.25) is 9.78 Å². The average Bonchev–Trinajstić information content (AvgIpc) is 3.09. The minimum absolute atomic E-state index is 0.331. The van der Waals surface area contributed by atoms with Crippen molar-refractivity contribution in [1.82, 2.24) is 0 Å². The van der Waals surface area contributed by atoms with Gasteiger partial charge >= 0.3 is 18.1 Å². The van der Waals surface area contributed by atoms with Crippen LogP contribution in [0.4, 0.5) is 4.79 Å². The van der Waals surface area contributed by atoms with Crippen LogP contribution < -0.4 is 0 Å². The van der Waals surface area contributed by atoms with E-state index in [1.165, 1.54) is 12.8 Å². The van der Waals surface area contributed by atoms with E-state index >= 15 is 0 Å². The Morgan fingerprint density at radius 3 is 1.02 bits per heavy atom. The van der Waals surface area contributed by atoms with Gasteiger partial charge in [-0.1, -0.05) is 125 Å². The monoisotopic (exact) mass is 722 g/mol. The van der Waals surface area contributed by atoms with Crippen LogP contribution >= 0.6 is 0 Å². The second kappa shape index (κ2) is 21.3. The number of rotatable bonds is 8. The van der Waals surface area contributed by atoms with Gasteiger partial charge < -0.3 is 9.47 Å². The van der Waals surface area contributed by atoms with Gasteiger partial charge in [-0.15, -0.1) is 9.78 Å². The van der Waals surface area contributed by atoms with Crippen LogP contribution in [0.1, 0.15) is 184 Å². The zero-order valence-corrected chi connectivity index (χ0v) is 32.2. The van der Waals surface area contributed by atoms with Crippen molar-refractivity contribution in [3.63, 3.8) is 0 Å². The molecule has 0 unspecified atom stereocenters.